The summed E-state index contributed by atoms with van der Waals surface area (Å²) in [5.41, 5.74) is 6.04. The SMILES string of the molecule is CC1Oc2ccccc2N(c2ccc(Cn3cnn(C/C(=C/F)CN)c3=O)s2)C1=O. The van der Waals surface area contributed by atoms with Gasteiger partial charge in [-0.25, -0.2) is 13.9 Å². The van der Waals surface area contributed by atoms with Crippen molar-refractivity contribution in [2.75, 3.05) is 11.4 Å². The molecule has 2 N–H and O–H groups in total. The minimum absolute atomic E-state index is 0.00543. The summed E-state index contributed by atoms with van der Waals surface area (Å²) in [7, 11) is 0. The van der Waals surface area contributed by atoms with Gasteiger partial charge in [0.25, 0.3) is 5.91 Å². The maximum Gasteiger partial charge on any atom is 0.346 e. The number of amides is 1. The van der Waals surface area contributed by atoms with Crippen LogP contribution < -0.4 is 21.1 Å². The van der Waals surface area contributed by atoms with Crippen LogP contribution in [0.4, 0.5) is 15.1 Å². The number of hydrogen-bond donors (Lipinski definition) is 1. The summed E-state index contributed by atoms with van der Waals surface area (Å²) in [6.07, 6.45) is 1.21. The summed E-state index contributed by atoms with van der Waals surface area (Å²) in [5.74, 6) is 0.494. The average molecular weight is 429 g/mol. The van der Waals surface area contributed by atoms with Gasteiger partial charge in [0, 0.05) is 11.4 Å². The average Bonchev–Trinajstić information content (AvgIpc) is 3.34. The smallest absolute Gasteiger partial charge is 0.346 e. The number of aromatic nitrogens is 3. The lowest BCUT2D eigenvalue weighted by Gasteiger charge is -2.31. The van der Waals surface area contributed by atoms with Crippen LogP contribution in [0.25, 0.3) is 0 Å². The van der Waals surface area contributed by atoms with E-state index in [4.69, 9.17) is 10.5 Å². The van der Waals surface area contributed by atoms with Crippen LogP contribution in [0.15, 0.2) is 59.4 Å². The van der Waals surface area contributed by atoms with Crippen LogP contribution in [0.5, 0.6) is 5.75 Å². The highest BCUT2D eigenvalue weighted by Crippen LogP contribution is 2.41. The van der Waals surface area contributed by atoms with Crippen molar-refractivity contribution in [3.8, 4) is 5.75 Å². The normalized spacial score (nSPS) is 16.5. The summed E-state index contributed by atoms with van der Waals surface area (Å²) in [4.78, 5) is 27.8. The quantitative estimate of drug-likeness (QED) is 0.649. The number of hydrogen-bond acceptors (Lipinski definition) is 6. The fourth-order valence-corrected chi connectivity index (χ4v) is 4.20. The van der Waals surface area contributed by atoms with E-state index in [1.165, 1.54) is 22.2 Å². The largest absolute Gasteiger partial charge is 0.479 e. The van der Waals surface area contributed by atoms with Crippen LogP contribution in [0.1, 0.15) is 11.8 Å². The Kier molecular flexibility index (Phi) is 5.51. The number of thiophene rings is 1. The van der Waals surface area contributed by atoms with Crippen LogP contribution in [0.3, 0.4) is 0 Å². The summed E-state index contributed by atoms with van der Waals surface area (Å²) in [6, 6.07) is 11.1. The Hall–Kier alpha value is -3.24. The Bertz CT molecular complexity index is 1170. The molecule has 2 aromatic heterocycles. The van der Waals surface area contributed by atoms with Crippen LogP contribution in [-0.2, 0) is 17.9 Å². The molecule has 1 aliphatic heterocycles. The number of anilines is 2. The standard InChI is InChI=1S/C20H20FN5O3S/c1-13-19(27)26(16-4-2-3-5-17(16)29-13)18-7-6-15(30-18)11-24-12-23-25(20(24)28)10-14(8-21)9-22/h2-8,12-13H,9-11,22H2,1H3/b14-8+. The number of halogens is 1. The van der Waals surface area contributed by atoms with E-state index in [-0.39, 0.29) is 36.8 Å². The lowest BCUT2D eigenvalue weighted by Crippen LogP contribution is -2.41. The van der Waals surface area contributed by atoms with E-state index >= 15 is 0 Å². The third-order valence-electron chi connectivity index (χ3n) is 4.74. The summed E-state index contributed by atoms with van der Waals surface area (Å²) < 4.78 is 21.0. The Balaban J connectivity index is 1.58. The summed E-state index contributed by atoms with van der Waals surface area (Å²) >= 11 is 1.41. The number of carbonyl (C=O) groups is 1. The third-order valence-corrected chi connectivity index (χ3v) is 5.79. The minimum Gasteiger partial charge on any atom is -0.479 e. The second kappa shape index (κ2) is 8.25. The highest BCUT2D eigenvalue weighted by molar-refractivity contribution is 7.16. The van der Waals surface area contributed by atoms with Gasteiger partial charge in [0.05, 0.1) is 25.1 Å². The lowest BCUT2D eigenvalue weighted by molar-refractivity contribution is -0.124. The van der Waals surface area contributed by atoms with Gasteiger partial charge < -0.3 is 10.5 Å². The van der Waals surface area contributed by atoms with Crippen molar-refractivity contribution in [2.24, 2.45) is 5.73 Å². The molecule has 0 bridgehead atoms. The molecule has 3 heterocycles. The molecule has 0 radical (unpaired) electrons. The Morgan fingerprint density at radius 2 is 2.10 bits per heavy atom. The van der Waals surface area contributed by atoms with Gasteiger partial charge in [-0.05, 0) is 36.8 Å². The van der Waals surface area contributed by atoms with Crippen molar-refractivity contribution < 1.29 is 13.9 Å². The highest BCUT2D eigenvalue weighted by Gasteiger charge is 2.33. The molecule has 0 saturated carbocycles. The number of nitrogens with two attached hydrogens (primary N) is 1. The predicted molar refractivity (Wildman–Crippen MR) is 112 cm³/mol. The molecule has 8 nitrogen and oxygen atoms in total. The Labute approximate surface area is 175 Å². The van der Waals surface area contributed by atoms with E-state index in [2.05, 4.69) is 5.10 Å². The molecule has 30 heavy (non-hydrogen) atoms. The monoisotopic (exact) mass is 429 g/mol. The van der Waals surface area contributed by atoms with Gasteiger partial charge in [0.2, 0.25) is 0 Å². The van der Waals surface area contributed by atoms with Crippen LogP contribution in [0.2, 0.25) is 0 Å². The minimum atomic E-state index is -0.591. The van der Waals surface area contributed by atoms with Gasteiger partial charge in [0.1, 0.15) is 17.1 Å². The fourth-order valence-electron chi connectivity index (χ4n) is 3.17. The molecule has 1 atom stereocenters. The molecule has 0 saturated heterocycles. The number of carbonyl (C=O) groups excluding carboxylic acids is 1. The number of rotatable bonds is 6. The van der Waals surface area contributed by atoms with Crippen LogP contribution >= 0.6 is 11.3 Å². The summed E-state index contributed by atoms with van der Waals surface area (Å²) in [5, 5.41) is 4.76. The maximum absolute atomic E-state index is 12.8. The first kappa shape index (κ1) is 20.0. The molecule has 1 aliphatic rings. The Morgan fingerprint density at radius 3 is 2.87 bits per heavy atom. The number of benzene rings is 1. The van der Waals surface area contributed by atoms with Crippen molar-refractivity contribution >= 4 is 27.9 Å². The number of para-hydroxylation sites is 2. The van der Waals surface area contributed by atoms with E-state index < -0.39 is 6.10 Å². The van der Waals surface area contributed by atoms with Gasteiger partial charge >= 0.3 is 5.69 Å². The highest BCUT2D eigenvalue weighted by atomic mass is 32.1. The van der Waals surface area contributed by atoms with Gasteiger partial charge in [0.15, 0.2) is 6.10 Å². The second-order valence-corrected chi connectivity index (χ2v) is 7.96. The lowest BCUT2D eigenvalue weighted by atomic mass is 10.2. The zero-order valence-electron chi connectivity index (χ0n) is 16.2. The van der Waals surface area contributed by atoms with E-state index in [0.717, 1.165) is 14.6 Å². The number of ether oxygens (including phenoxy) is 1. The van der Waals surface area contributed by atoms with Crippen molar-refractivity contribution in [2.45, 2.75) is 26.1 Å². The number of fused-ring (bicyclic) bond motifs is 1. The zero-order valence-corrected chi connectivity index (χ0v) is 17.0. The van der Waals surface area contributed by atoms with Gasteiger partial charge in [-0.2, -0.15) is 5.10 Å². The molecule has 0 spiro atoms. The topological polar surface area (TPSA) is 95.4 Å². The first-order valence-corrected chi connectivity index (χ1v) is 10.1. The first-order chi connectivity index (χ1) is 14.5. The van der Waals surface area contributed by atoms with E-state index in [1.54, 1.807) is 11.8 Å². The van der Waals surface area contributed by atoms with Gasteiger partial charge in [-0.3, -0.25) is 14.3 Å². The molecule has 3 aromatic rings. The van der Waals surface area contributed by atoms with Crippen molar-refractivity contribution in [3.63, 3.8) is 0 Å². The van der Waals surface area contributed by atoms with Crippen LogP contribution in [0, 0.1) is 0 Å². The molecule has 0 fully saturated rings. The van der Waals surface area contributed by atoms with E-state index in [9.17, 15) is 14.0 Å². The molecule has 1 amide bonds. The molecule has 1 unspecified atom stereocenters. The van der Waals surface area contributed by atoms with Crippen molar-refractivity contribution in [3.05, 3.63) is 70.0 Å². The van der Waals surface area contributed by atoms with Gasteiger partial charge in [-0.15, -0.1) is 11.3 Å². The summed E-state index contributed by atoms with van der Waals surface area (Å²) in [6.45, 7) is 2.02. The second-order valence-electron chi connectivity index (χ2n) is 6.81. The van der Waals surface area contributed by atoms with Crippen molar-refractivity contribution in [1.82, 2.24) is 14.3 Å². The van der Waals surface area contributed by atoms with Crippen LogP contribution in [-0.4, -0.2) is 32.9 Å². The van der Waals surface area contributed by atoms with E-state index in [1.807, 2.05) is 36.4 Å². The molecule has 0 aliphatic carbocycles. The first-order valence-electron chi connectivity index (χ1n) is 9.30. The zero-order chi connectivity index (χ0) is 21.3. The molecule has 4 rings (SSSR count). The maximum atomic E-state index is 12.8. The Morgan fingerprint density at radius 1 is 1.30 bits per heavy atom. The van der Waals surface area contributed by atoms with E-state index in [0.29, 0.717) is 17.8 Å². The molecule has 1 aromatic carbocycles. The molecular weight excluding hydrogens is 409 g/mol. The molecular formula is C20H20FN5O3S. The number of nitrogens with zero attached hydrogens (tertiary/aromatic N) is 4. The predicted octanol–water partition coefficient (Wildman–Crippen LogP) is 2.41. The molecule has 156 valence electrons. The third kappa shape index (κ3) is 3.66. The van der Waals surface area contributed by atoms with Gasteiger partial charge in [-0.1, -0.05) is 12.1 Å². The van der Waals surface area contributed by atoms with Crippen molar-refractivity contribution in [1.29, 1.82) is 0 Å². The molecule has 10 heteroatoms. The fraction of sp³-hybridized carbons (Fsp3) is 0.250.